The summed E-state index contributed by atoms with van der Waals surface area (Å²) in [6.45, 7) is 0.879. The molecule has 19 heavy (non-hydrogen) atoms. The number of rotatable bonds is 3. The molecule has 2 N–H and O–H groups in total. The summed E-state index contributed by atoms with van der Waals surface area (Å²) in [6, 6.07) is 3.55. The van der Waals surface area contributed by atoms with Gasteiger partial charge in [-0.25, -0.2) is 9.18 Å². The van der Waals surface area contributed by atoms with Gasteiger partial charge in [0.1, 0.15) is 5.82 Å². The first-order valence-electron chi connectivity index (χ1n) is 5.99. The van der Waals surface area contributed by atoms with E-state index in [0.717, 1.165) is 6.07 Å². The number of halogens is 1. The number of benzene rings is 1. The number of anilines is 1. The van der Waals surface area contributed by atoms with Crippen molar-refractivity contribution in [3.05, 3.63) is 29.6 Å². The minimum Gasteiger partial charge on any atom is -0.481 e. The summed E-state index contributed by atoms with van der Waals surface area (Å²) in [5.41, 5.74) is 0.288. The normalized spacial score (nSPS) is 19.2. The number of hydrogen-bond acceptors (Lipinski definition) is 3. The monoisotopic (exact) mass is 267 g/mol. The van der Waals surface area contributed by atoms with Crippen molar-refractivity contribution in [2.75, 3.05) is 18.0 Å². The molecule has 0 aromatic heterocycles. The second kappa shape index (κ2) is 5.26. The largest absolute Gasteiger partial charge is 0.481 e. The molecule has 1 heterocycles. The highest BCUT2D eigenvalue weighted by Gasteiger charge is 2.26. The zero-order chi connectivity index (χ0) is 14.0. The Balaban J connectivity index is 2.26. The Morgan fingerprint density at radius 1 is 1.26 bits per heavy atom. The van der Waals surface area contributed by atoms with Crippen LogP contribution >= 0.6 is 0 Å². The molecule has 5 nitrogen and oxygen atoms in total. The molecule has 0 radical (unpaired) electrons. The van der Waals surface area contributed by atoms with Gasteiger partial charge in [0.2, 0.25) is 0 Å². The van der Waals surface area contributed by atoms with Gasteiger partial charge in [0.25, 0.3) is 0 Å². The Kier molecular flexibility index (Phi) is 3.69. The SMILES string of the molecule is O=C(O)c1cc(F)cc(N2CCCC(C(=O)O)C2)c1. The summed E-state index contributed by atoms with van der Waals surface area (Å²) < 4.78 is 13.4. The maximum atomic E-state index is 13.4. The first-order chi connectivity index (χ1) is 8.97. The Bertz CT molecular complexity index is 517. The van der Waals surface area contributed by atoms with E-state index >= 15 is 0 Å². The van der Waals surface area contributed by atoms with Crippen molar-refractivity contribution in [3.8, 4) is 0 Å². The van der Waals surface area contributed by atoms with Crippen LogP contribution in [0, 0.1) is 11.7 Å². The van der Waals surface area contributed by atoms with Crippen molar-refractivity contribution < 1.29 is 24.2 Å². The molecule has 0 aliphatic carbocycles. The molecule has 1 aromatic rings. The fraction of sp³-hybridized carbons (Fsp3) is 0.385. The van der Waals surface area contributed by atoms with Crippen LogP contribution in [0.3, 0.4) is 0 Å². The summed E-state index contributed by atoms with van der Waals surface area (Å²) in [6.07, 6.45) is 1.28. The predicted molar refractivity (Wildman–Crippen MR) is 65.9 cm³/mol. The van der Waals surface area contributed by atoms with Gasteiger partial charge in [0.05, 0.1) is 11.5 Å². The molecule has 1 atom stereocenters. The molecule has 1 aromatic carbocycles. The number of piperidine rings is 1. The molecule has 0 amide bonds. The van der Waals surface area contributed by atoms with Gasteiger partial charge in [-0.2, -0.15) is 0 Å². The lowest BCUT2D eigenvalue weighted by molar-refractivity contribution is -0.141. The van der Waals surface area contributed by atoms with Crippen LogP contribution in [0.4, 0.5) is 10.1 Å². The highest BCUT2D eigenvalue weighted by molar-refractivity contribution is 5.89. The van der Waals surface area contributed by atoms with Crippen molar-refractivity contribution in [3.63, 3.8) is 0 Å². The number of carboxylic acid groups (broad SMARTS) is 2. The summed E-state index contributed by atoms with van der Waals surface area (Å²) >= 11 is 0. The van der Waals surface area contributed by atoms with Gasteiger partial charge < -0.3 is 15.1 Å². The number of carbonyl (C=O) groups is 2. The lowest BCUT2D eigenvalue weighted by Gasteiger charge is -2.32. The molecule has 1 unspecified atom stereocenters. The fourth-order valence-electron chi connectivity index (χ4n) is 2.29. The van der Waals surface area contributed by atoms with E-state index in [1.807, 2.05) is 0 Å². The minimum absolute atomic E-state index is 0.132. The summed E-state index contributed by atoms with van der Waals surface area (Å²) in [7, 11) is 0. The third-order valence-electron chi connectivity index (χ3n) is 3.27. The molecule has 0 spiro atoms. The average Bonchev–Trinajstić information content (AvgIpc) is 2.38. The van der Waals surface area contributed by atoms with Crippen molar-refractivity contribution in [2.24, 2.45) is 5.92 Å². The van der Waals surface area contributed by atoms with E-state index in [1.54, 1.807) is 4.90 Å². The Morgan fingerprint density at radius 3 is 2.63 bits per heavy atom. The van der Waals surface area contributed by atoms with Crippen LogP contribution in [-0.2, 0) is 4.79 Å². The topological polar surface area (TPSA) is 77.8 Å². The molecule has 1 fully saturated rings. The molecule has 1 saturated heterocycles. The highest BCUT2D eigenvalue weighted by Crippen LogP contribution is 2.25. The lowest BCUT2D eigenvalue weighted by atomic mass is 9.97. The van der Waals surface area contributed by atoms with Crippen molar-refractivity contribution in [1.29, 1.82) is 0 Å². The maximum Gasteiger partial charge on any atom is 0.335 e. The van der Waals surface area contributed by atoms with Crippen LogP contribution in [0.2, 0.25) is 0 Å². The minimum atomic E-state index is -1.20. The quantitative estimate of drug-likeness (QED) is 0.873. The third kappa shape index (κ3) is 3.01. The molecule has 102 valence electrons. The summed E-state index contributed by atoms with van der Waals surface area (Å²) in [4.78, 5) is 23.6. The van der Waals surface area contributed by atoms with E-state index in [-0.39, 0.29) is 12.1 Å². The average molecular weight is 267 g/mol. The molecule has 0 saturated carbocycles. The number of aromatic carboxylic acids is 1. The number of nitrogens with zero attached hydrogens (tertiary/aromatic N) is 1. The zero-order valence-electron chi connectivity index (χ0n) is 10.2. The van der Waals surface area contributed by atoms with Crippen LogP contribution in [0.5, 0.6) is 0 Å². The Morgan fingerprint density at radius 2 is 2.00 bits per heavy atom. The highest BCUT2D eigenvalue weighted by atomic mass is 19.1. The molecule has 1 aliphatic rings. The smallest absolute Gasteiger partial charge is 0.335 e. The van der Waals surface area contributed by atoms with Crippen LogP contribution < -0.4 is 4.90 Å². The van der Waals surface area contributed by atoms with E-state index in [4.69, 9.17) is 10.2 Å². The second-order valence-corrected chi connectivity index (χ2v) is 4.63. The Labute approximate surface area is 109 Å². The first-order valence-corrected chi connectivity index (χ1v) is 5.99. The standard InChI is InChI=1S/C13H14FNO4/c14-10-4-9(13(18)19)5-11(6-10)15-3-1-2-8(7-15)12(16)17/h4-6,8H,1-3,7H2,(H,16,17)(H,18,19). The van der Waals surface area contributed by atoms with Crippen LogP contribution in [0.15, 0.2) is 18.2 Å². The summed E-state index contributed by atoms with van der Waals surface area (Å²) in [5.74, 6) is -3.20. The molecular weight excluding hydrogens is 253 g/mol. The molecule has 2 rings (SSSR count). The number of aliphatic carboxylic acids is 1. The lowest BCUT2D eigenvalue weighted by Crippen LogP contribution is -2.38. The van der Waals surface area contributed by atoms with Crippen molar-refractivity contribution in [1.82, 2.24) is 0 Å². The zero-order valence-corrected chi connectivity index (χ0v) is 10.2. The van der Waals surface area contributed by atoms with Crippen LogP contribution in [0.25, 0.3) is 0 Å². The molecule has 1 aliphatic heterocycles. The first kappa shape index (κ1) is 13.3. The van der Waals surface area contributed by atoms with E-state index in [2.05, 4.69) is 0 Å². The predicted octanol–water partition coefficient (Wildman–Crippen LogP) is 1.82. The van der Waals surface area contributed by atoms with Crippen molar-refractivity contribution >= 4 is 17.6 Å². The van der Waals surface area contributed by atoms with Crippen LogP contribution in [0.1, 0.15) is 23.2 Å². The second-order valence-electron chi connectivity index (χ2n) is 4.63. The van der Waals surface area contributed by atoms with E-state index in [0.29, 0.717) is 25.1 Å². The van der Waals surface area contributed by atoms with Gasteiger partial charge in [0.15, 0.2) is 0 Å². The van der Waals surface area contributed by atoms with E-state index in [9.17, 15) is 14.0 Å². The van der Waals surface area contributed by atoms with E-state index in [1.165, 1.54) is 12.1 Å². The molecule has 0 bridgehead atoms. The van der Waals surface area contributed by atoms with Gasteiger partial charge in [-0.05, 0) is 31.0 Å². The fourth-order valence-corrected chi connectivity index (χ4v) is 2.29. The van der Waals surface area contributed by atoms with Crippen LogP contribution in [-0.4, -0.2) is 35.2 Å². The number of hydrogen-bond donors (Lipinski definition) is 2. The van der Waals surface area contributed by atoms with Crippen molar-refractivity contribution in [2.45, 2.75) is 12.8 Å². The van der Waals surface area contributed by atoms with Gasteiger partial charge in [-0.3, -0.25) is 4.79 Å². The summed E-state index contributed by atoms with van der Waals surface area (Å²) in [5, 5.41) is 17.9. The number of carboxylic acids is 2. The molecule has 6 heteroatoms. The molecular formula is C13H14FNO4. The van der Waals surface area contributed by atoms with Gasteiger partial charge in [-0.15, -0.1) is 0 Å². The van der Waals surface area contributed by atoms with Gasteiger partial charge >= 0.3 is 11.9 Å². The van der Waals surface area contributed by atoms with Gasteiger partial charge in [0, 0.05) is 18.8 Å². The Hall–Kier alpha value is -2.11. The van der Waals surface area contributed by atoms with Gasteiger partial charge in [-0.1, -0.05) is 0 Å². The third-order valence-corrected chi connectivity index (χ3v) is 3.27. The maximum absolute atomic E-state index is 13.4. The van der Waals surface area contributed by atoms with E-state index < -0.39 is 23.7 Å².